The maximum atomic E-state index is 13.1. The molecule has 0 saturated heterocycles. The second-order valence-electron chi connectivity index (χ2n) is 6.56. The number of carbonyl (C=O) groups is 3. The highest BCUT2D eigenvalue weighted by Crippen LogP contribution is 2.42. The third kappa shape index (κ3) is 3.16. The molecular formula is C19H21NO5. The van der Waals surface area contributed by atoms with Gasteiger partial charge in [0.05, 0.1) is 6.61 Å². The number of ether oxygens (including phenoxy) is 1. The Morgan fingerprint density at radius 3 is 2.56 bits per heavy atom. The highest BCUT2D eigenvalue weighted by molar-refractivity contribution is 6.11. The van der Waals surface area contributed by atoms with Crippen molar-refractivity contribution in [1.82, 2.24) is 5.32 Å². The number of rotatable bonds is 3. The Bertz CT molecular complexity index is 750. The number of ketones is 1. The Balaban J connectivity index is 2.02. The summed E-state index contributed by atoms with van der Waals surface area (Å²) >= 11 is 0. The van der Waals surface area contributed by atoms with Crippen molar-refractivity contribution < 1.29 is 24.2 Å². The van der Waals surface area contributed by atoms with E-state index in [1.165, 1.54) is 12.1 Å². The van der Waals surface area contributed by atoms with Crippen LogP contribution in [0.5, 0.6) is 5.75 Å². The number of amides is 1. The summed E-state index contributed by atoms with van der Waals surface area (Å²) in [6.07, 6.45) is 0.587. The quantitative estimate of drug-likeness (QED) is 0.647. The largest absolute Gasteiger partial charge is 0.508 e. The monoisotopic (exact) mass is 343 g/mol. The van der Waals surface area contributed by atoms with E-state index >= 15 is 0 Å². The van der Waals surface area contributed by atoms with Crippen LogP contribution in [0.2, 0.25) is 0 Å². The zero-order valence-corrected chi connectivity index (χ0v) is 14.2. The summed E-state index contributed by atoms with van der Waals surface area (Å²) in [5.74, 6) is -2.30. The molecule has 0 bridgehead atoms. The lowest BCUT2D eigenvalue weighted by molar-refractivity contribution is -0.153. The SMILES string of the molecule is CCOC(=O)C1C(=O)C2=C(CC1C)NC(=O)CC2c1ccc(O)cc1. The molecule has 2 N–H and O–H groups in total. The molecule has 1 aromatic rings. The number of allylic oxidation sites excluding steroid dienone is 2. The van der Waals surface area contributed by atoms with Gasteiger partial charge < -0.3 is 15.2 Å². The summed E-state index contributed by atoms with van der Waals surface area (Å²) in [6, 6.07) is 6.46. The number of nitrogens with one attached hydrogen (secondary N) is 1. The molecule has 6 heteroatoms. The fraction of sp³-hybridized carbons (Fsp3) is 0.421. The number of phenols is 1. The average molecular weight is 343 g/mol. The topological polar surface area (TPSA) is 92.7 Å². The molecule has 1 aliphatic heterocycles. The molecule has 0 saturated carbocycles. The molecular weight excluding hydrogens is 322 g/mol. The average Bonchev–Trinajstić information content (AvgIpc) is 2.54. The Morgan fingerprint density at radius 2 is 1.92 bits per heavy atom. The predicted octanol–water partition coefficient (Wildman–Crippen LogP) is 2.04. The highest BCUT2D eigenvalue weighted by atomic mass is 16.5. The van der Waals surface area contributed by atoms with Gasteiger partial charge in [0.1, 0.15) is 11.7 Å². The summed E-state index contributed by atoms with van der Waals surface area (Å²) in [5, 5.41) is 12.3. The molecule has 0 spiro atoms. The fourth-order valence-electron chi connectivity index (χ4n) is 3.69. The normalized spacial score (nSPS) is 26.1. The Morgan fingerprint density at radius 1 is 1.24 bits per heavy atom. The smallest absolute Gasteiger partial charge is 0.317 e. The number of hydrogen-bond donors (Lipinski definition) is 2. The molecule has 25 heavy (non-hydrogen) atoms. The predicted molar refractivity (Wildman–Crippen MR) is 89.5 cm³/mol. The van der Waals surface area contributed by atoms with Crippen LogP contribution in [0.25, 0.3) is 0 Å². The van der Waals surface area contributed by atoms with Crippen LogP contribution < -0.4 is 5.32 Å². The first-order valence-electron chi connectivity index (χ1n) is 8.45. The molecule has 1 amide bonds. The fourth-order valence-corrected chi connectivity index (χ4v) is 3.69. The molecule has 1 aromatic carbocycles. The lowest BCUT2D eigenvalue weighted by atomic mass is 9.70. The Labute approximate surface area is 145 Å². The lowest BCUT2D eigenvalue weighted by Gasteiger charge is -2.36. The first-order chi connectivity index (χ1) is 11.9. The molecule has 1 heterocycles. The molecule has 3 unspecified atom stereocenters. The first-order valence-corrected chi connectivity index (χ1v) is 8.45. The number of carbonyl (C=O) groups excluding carboxylic acids is 3. The van der Waals surface area contributed by atoms with Crippen LogP contribution in [-0.4, -0.2) is 29.4 Å². The van der Waals surface area contributed by atoms with Crippen molar-refractivity contribution in [3.63, 3.8) is 0 Å². The van der Waals surface area contributed by atoms with Crippen LogP contribution in [0.15, 0.2) is 35.5 Å². The molecule has 0 aromatic heterocycles. The number of aromatic hydroxyl groups is 1. The number of hydrogen-bond acceptors (Lipinski definition) is 5. The summed E-state index contributed by atoms with van der Waals surface area (Å²) in [5.41, 5.74) is 1.86. The second-order valence-corrected chi connectivity index (χ2v) is 6.56. The number of Topliss-reactive ketones (excluding diaryl/α,β-unsaturated/α-hetero) is 1. The first kappa shape index (κ1) is 17.2. The minimum absolute atomic E-state index is 0.117. The van der Waals surface area contributed by atoms with Crippen molar-refractivity contribution >= 4 is 17.7 Å². The zero-order valence-electron chi connectivity index (χ0n) is 14.2. The van der Waals surface area contributed by atoms with Gasteiger partial charge in [-0.1, -0.05) is 19.1 Å². The Hall–Kier alpha value is -2.63. The summed E-state index contributed by atoms with van der Waals surface area (Å²) < 4.78 is 5.08. The minimum atomic E-state index is -0.840. The number of esters is 1. The van der Waals surface area contributed by atoms with Gasteiger partial charge in [0.25, 0.3) is 0 Å². The molecule has 1 aliphatic carbocycles. The van der Waals surface area contributed by atoms with Gasteiger partial charge in [0, 0.05) is 23.6 Å². The van der Waals surface area contributed by atoms with Gasteiger partial charge in [0.2, 0.25) is 5.91 Å². The van der Waals surface area contributed by atoms with Gasteiger partial charge in [-0.15, -0.1) is 0 Å². The Kier molecular flexibility index (Phi) is 4.61. The molecule has 3 atom stereocenters. The van der Waals surface area contributed by atoms with Crippen LogP contribution in [0, 0.1) is 11.8 Å². The van der Waals surface area contributed by atoms with Gasteiger partial charge in [0.15, 0.2) is 5.78 Å². The van der Waals surface area contributed by atoms with E-state index in [-0.39, 0.29) is 36.4 Å². The van der Waals surface area contributed by atoms with Crippen molar-refractivity contribution in [1.29, 1.82) is 0 Å². The van der Waals surface area contributed by atoms with Crippen LogP contribution in [0.1, 0.15) is 38.2 Å². The van der Waals surface area contributed by atoms with Crippen molar-refractivity contribution in [3.05, 3.63) is 41.1 Å². The summed E-state index contributed by atoms with van der Waals surface area (Å²) in [4.78, 5) is 37.4. The molecule has 2 aliphatic rings. The third-order valence-corrected chi connectivity index (χ3v) is 4.83. The molecule has 3 rings (SSSR count). The number of phenolic OH excluding ortho intramolecular Hbond substituents is 1. The van der Waals surface area contributed by atoms with Gasteiger partial charge in [-0.05, 0) is 37.0 Å². The van der Waals surface area contributed by atoms with E-state index in [1.54, 1.807) is 19.1 Å². The second kappa shape index (κ2) is 6.70. The maximum Gasteiger partial charge on any atom is 0.317 e. The summed E-state index contributed by atoms with van der Waals surface area (Å²) in [6.45, 7) is 3.75. The van der Waals surface area contributed by atoms with E-state index in [0.717, 1.165) is 5.56 Å². The van der Waals surface area contributed by atoms with E-state index in [1.807, 2.05) is 6.92 Å². The van der Waals surface area contributed by atoms with Crippen LogP contribution in [-0.2, 0) is 19.1 Å². The molecule has 0 fully saturated rings. The van der Waals surface area contributed by atoms with E-state index in [4.69, 9.17) is 4.74 Å². The minimum Gasteiger partial charge on any atom is -0.508 e. The summed E-state index contributed by atoms with van der Waals surface area (Å²) in [7, 11) is 0. The standard InChI is InChI=1S/C19H21NO5/c1-3-25-19(24)16-10(2)8-14-17(18(16)23)13(9-15(22)20-14)11-4-6-12(21)7-5-11/h4-7,10,13,16,21H,3,8-9H2,1-2H3,(H,20,22). The maximum absolute atomic E-state index is 13.1. The van der Waals surface area contributed by atoms with Gasteiger partial charge in [-0.3, -0.25) is 14.4 Å². The van der Waals surface area contributed by atoms with Gasteiger partial charge in [-0.2, -0.15) is 0 Å². The van der Waals surface area contributed by atoms with Crippen molar-refractivity contribution in [2.24, 2.45) is 11.8 Å². The van der Waals surface area contributed by atoms with E-state index < -0.39 is 17.8 Å². The molecule has 0 radical (unpaired) electrons. The van der Waals surface area contributed by atoms with Crippen molar-refractivity contribution in [2.75, 3.05) is 6.61 Å². The highest BCUT2D eigenvalue weighted by Gasteiger charge is 2.45. The van der Waals surface area contributed by atoms with Crippen molar-refractivity contribution in [3.8, 4) is 5.75 Å². The van der Waals surface area contributed by atoms with E-state index in [0.29, 0.717) is 17.7 Å². The van der Waals surface area contributed by atoms with E-state index in [2.05, 4.69) is 5.32 Å². The van der Waals surface area contributed by atoms with Crippen LogP contribution in [0.3, 0.4) is 0 Å². The van der Waals surface area contributed by atoms with Gasteiger partial charge in [-0.25, -0.2) is 0 Å². The molecule has 132 valence electrons. The molecule has 6 nitrogen and oxygen atoms in total. The van der Waals surface area contributed by atoms with E-state index in [9.17, 15) is 19.5 Å². The van der Waals surface area contributed by atoms with Crippen LogP contribution >= 0.6 is 0 Å². The van der Waals surface area contributed by atoms with Crippen LogP contribution in [0.4, 0.5) is 0 Å². The van der Waals surface area contributed by atoms with Crippen molar-refractivity contribution in [2.45, 2.75) is 32.6 Å². The van der Waals surface area contributed by atoms with Gasteiger partial charge >= 0.3 is 5.97 Å². The lowest BCUT2D eigenvalue weighted by Crippen LogP contribution is -2.44. The zero-order chi connectivity index (χ0) is 18.1. The third-order valence-electron chi connectivity index (χ3n) is 4.83. The number of benzene rings is 1.